The fourth-order valence-electron chi connectivity index (χ4n) is 2.34. The first-order valence-corrected chi connectivity index (χ1v) is 5.38. The van der Waals surface area contributed by atoms with Gasteiger partial charge in [-0.15, -0.1) is 0 Å². The van der Waals surface area contributed by atoms with Crippen molar-refractivity contribution in [2.24, 2.45) is 0 Å². The summed E-state index contributed by atoms with van der Waals surface area (Å²) in [7, 11) is 0. The number of anilines is 1. The van der Waals surface area contributed by atoms with Gasteiger partial charge in [0.1, 0.15) is 11.7 Å². The number of nitriles is 1. The van der Waals surface area contributed by atoms with Crippen molar-refractivity contribution in [2.75, 3.05) is 5.32 Å². The van der Waals surface area contributed by atoms with Crippen LogP contribution in [0.5, 0.6) is 0 Å². The molecule has 1 spiro atoms. The Balaban J connectivity index is 2.11. The summed E-state index contributed by atoms with van der Waals surface area (Å²) in [6.45, 7) is 0. The monoisotopic (exact) mass is 213 g/mol. The lowest BCUT2D eigenvalue weighted by molar-refractivity contribution is 0.0844. The van der Waals surface area contributed by atoms with Gasteiger partial charge in [-0.3, -0.25) is 4.79 Å². The van der Waals surface area contributed by atoms with Crippen LogP contribution in [0.25, 0.3) is 0 Å². The third-order valence-electron chi connectivity index (χ3n) is 3.35. The van der Waals surface area contributed by atoms with Crippen LogP contribution in [-0.2, 0) is 0 Å². The van der Waals surface area contributed by atoms with Crippen LogP contribution in [0.3, 0.4) is 0 Å². The molecule has 1 amide bonds. The summed E-state index contributed by atoms with van der Waals surface area (Å²) < 4.78 is 0. The second-order valence-electron chi connectivity index (χ2n) is 4.35. The van der Waals surface area contributed by atoms with Gasteiger partial charge < -0.3 is 10.6 Å². The van der Waals surface area contributed by atoms with Crippen LogP contribution < -0.4 is 10.6 Å². The third-order valence-corrected chi connectivity index (χ3v) is 3.35. The second-order valence-corrected chi connectivity index (χ2v) is 4.35. The first-order chi connectivity index (χ1) is 7.74. The zero-order valence-corrected chi connectivity index (χ0v) is 8.71. The molecule has 0 aromatic heterocycles. The van der Waals surface area contributed by atoms with E-state index < -0.39 is 0 Å². The topological polar surface area (TPSA) is 64.9 Å². The van der Waals surface area contributed by atoms with Crippen LogP contribution in [-0.4, -0.2) is 11.6 Å². The molecular formula is C12H11N3O. The molecule has 0 bridgehead atoms. The van der Waals surface area contributed by atoms with Crippen LogP contribution in [0.1, 0.15) is 35.2 Å². The average molecular weight is 213 g/mol. The van der Waals surface area contributed by atoms with Crippen molar-refractivity contribution in [3.8, 4) is 6.07 Å². The Morgan fingerprint density at radius 1 is 1.31 bits per heavy atom. The number of carbonyl (C=O) groups excluding carboxylic acids is 1. The minimum atomic E-state index is -0.252. The summed E-state index contributed by atoms with van der Waals surface area (Å²) in [4.78, 5) is 12.0. The molecule has 1 aliphatic carbocycles. The predicted octanol–water partition coefficient (Wildman–Crippen LogP) is 1.59. The molecule has 1 saturated carbocycles. The Morgan fingerprint density at radius 2 is 2.12 bits per heavy atom. The number of nitrogens with one attached hydrogen (secondary N) is 2. The van der Waals surface area contributed by atoms with Crippen molar-refractivity contribution >= 4 is 11.6 Å². The van der Waals surface area contributed by atoms with E-state index in [1.807, 2.05) is 12.1 Å². The molecule has 1 aromatic carbocycles. The Kier molecular flexibility index (Phi) is 1.72. The molecule has 0 unspecified atom stereocenters. The minimum absolute atomic E-state index is 0.134. The van der Waals surface area contributed by atoms with Crippen molar-refractivity contribution in [3.05, 3.63) is 29.3 Å². The van der Waals surface area contributed by atoms with Gasteiger partial charge in [-0.2, -0.15) is 5.26 Å². The van der Waals surface area contributed by atoms with Gasteiger partial charge in [-0.25, -0.2) is 0 Å². The van der Waals surface area contributed by atoms with Crippen molar-refractivity contribution in [3.63, 3.8) is 0 Å². The number of carbonyl (C=O) groups is 1. The maximum Gasteiger partial charge on any atom is 0.256 e. The third kappa shape index (κ3) is 1.12. The predicted molar refractivity (Wildman–Crippen MR) is 58.8 cm³/mol. The second kappa shape index (κ2) is 2.99. The van der Waals surface area contributed by atoms with E-state index in [2.05, 4.69) is 10.6 Å². The fraction of sp³-hybridized carbons (Fsp3) is 0.333. The number of hydrogen-bond acceptors (Lipinski definition) is 3. The van der Waals surface area contributed by atoms with Gasteiger partial charge in [0.05, 0.1) is 16.8 Å². The van der Waals surface area contributed by atoms with E-state index in [-0.39, 0.29) is 11.6 Å². The van der Waals surface area contributed by atoms with E-state index >= 15 is 0 Å². The molecule has 1 aliphatic heterocycles. The summed E-state index contributed by atoms with van der Waals surface area (Å²) in [5.41, 5.74) is 1.43. The molecule has 1 aromatic rings. The molecular weight excluding hydrogens is 202 g/mol. The summed E-state index contributed by atoms with van der Waals surface area (Å²) in [6, 6.07) is 7.37. The van der Waals surface area contributed by atoms with Crippen molar-refractivity contribution in [2.45, 2.75) is 24.9 Å². The maximum atomic E-state index is 12.0. The highest BCUT2D eigenvalue weighted by Crippen LogP contribution is 2.37. The van der Waals surface area contributed by atoms with Crippen LogP contribution in [0.15, 0.2) is 18.2 Å². The highest BCUT2D eigenvalue weighted by atomic mass is 16.2. The van der Waals surface area contributed by atoms with Gasteiger partial charge in [0.25, 0.3) is 5.91 Å². The lowest BCUT2D eigenvalue weighted by Crippen LogP contribution is -2.61. The normalized spacial score (nSPS) is 20.1. The van der Waals surface area contributed by atoms with E-state index in [0.717, 1.165) is 24.9 Å². The number of hydrogen-bond donors (Lipinski definition) is 2. The quantitative estimate of drug-likeness (QED) is 0.687. The van der Waals surface area contributed by atoms with Gasteiger partial charge in [0.2, 0.25) is 0 Å². The zero-order chi connectivity index (χ0) is 11.2. The number of benzene rings is 1. The average Bonchev–Trinajstić information content (AvgIpc) is 2.25. The molecule has 1 heterocycles. The van der Waals surface area contributed by atoms with Crippen LogP contribution in [0.2, 0.25) is 0 Å². The van der Waals surface area contributed by atoms with Gasteiger partial charge >= 0.3 is 0 Å². The van der Waals surface area contributed by atoms with Gasteiger partial charge in [0, 0.05) is 0 Å². The summed E-state index contributed by atoms with van der Waals surface area (Å²) >= 11 is 0. The molecule has 4 nitrogen and oxygen atoms in total. The molecule has 4 heteroatoms. The number of nitrogens with zero attached hydrogens (tertiary/aromatic N) is 1. The zero-order valence-electron chi connectivity index (χ0n) is 8.71. The molecule has 0 atom stereocenters. The van der Waals surface area contributed by atoms with E-state index in [1.54, 1.807) is 12.1 Å². The number of fused-ring (bicyclic) bond motifs is 1. The van der Waals surface area contributed by atoms with E-state index in [9.17, 15) is 4.79 Å². The SMILES string of the molecule is N#Cc1cccc2c1C(=O)NC1(CCC1)N2. The van der Waals surface area contributed by atoms with E-state index in [1.165, 1.54) is 0 Å². The number of amides is 1. The molecule has 80 valence electrons. The lowest BCUT2D eigenvalue weighted by Gasteiger charge is -2.46. The van der Waals surface area contributed by atoms with Gasteiger partial charge in [-0.05, 0) is 31.4 Å². The highest BCUT2D eigenvalue weighted by molar-refractivity contribution is 6.04. The molecule has 3 rings (SSSR count). The van der Waals surface area contributed by atoms with Crippen molar-refractivity contribution in [1.29, 1.82) is 5.26 Å². The summed E-state index contributed by atoms with van der Waals surface area (Å²) in [6.07, 6.45) is 3.03. The largest absolute Gasteiger partial charge is 0.362 e. The summed E-state index contributed by atoms with van der Waals surface area (Å²) in [5.74, 6) is -0.134. The van der Waals surface area contributed by atoms with Crippen molar-refractivity contribution in [1.82, 2.24) is 5.32 Å². The highest BCUT2D eigenvalue weighted by Gasteiger charge is 2.42. The molecule has 1 fully saturated rings. The van der Waals surface area contributed by atoms with Crippen molar-refractivity contribution < 1.29 is 4.79 Å². The van der Waals surface area contributed by atoms with Crippen LogP contribution >= 0.6 is 0 Å². The van der Waals surface area contributed by atoms with Gasteiger partial charge in [0.15, 0.2) is 0 Å². The van der Waals surface area contributed by atoms with E-state index in [0.29, 0.717) is 11.1 Å². The standard InChI is InChI=1S/C12H11N3O/c13-7-8-3-1-4-9-10(8)11(16)15-12(14-9)5-2-6-12/h1,3-4,14H,2,5-6H2,(H,15,16). The molecule has 0 radical (unpaired) electrons. The molecule has 2 aliphatic rings. The molecule has 2 N–H and O–H groups in total. The molecule has 0 saturated heterocycles. The lowest BCUT2D eigenvalue weighted by atomic mass is 9.82. The summed E-state index contributed by atoms with van der Waals surface area (Å²) in [5, 5.41) is 15.2. The molecule has 16 heavy (non-hydrogen) atoms. The van der Waals surface area contributed by atoms with Gasteiger partial charge in [-0.1, -0.05) is 6.07 Å². The maximum absolute atomic E-state index is 12.0. The first kappa shape index (κ1) is 9.22. The van der Waals surface area contributed by atoms with Crippen LogP contribution in [0.4, 0.5) is 5.69 Å². The first-order valence-electron chi connectivity index (χ1n) is 5.38. The Morgan fingerprint density at radius 3 is 2.75 bits per heavy atom. The number of rotatable bonds is 0. The van der Waals surface area contributed by atoms with E-state index in [4.69, 9.17) is 5.26 Å². The van der Waals surface area contributed by atoms with Crippen LogP contribution in [0, 0.1) is 11.3 Å². The smallest absolute Gasteiger partial charge is 0.256 e. The Labute approximate surface area is 93.3 Å². The minimum Gasteiger partial charge on any atom is -0.362 e. The Hall–Kier alpha value is -2.02. The Bertz CT molecular complexity index is 511. The fourth-order valence-corrected chi connectivity index (χ4v) is 2.34.